The van der Waals surface area contributed by atoms with Crippen LogP contribution in [0.3, 0.4) is 0 Å². The van der Waals surface area contributed by atoms with Crippen molar-refractivity contribution in [1.82, 2.24) is 0 Å². The van der Waals surface area contributed by atoms with E-state index in [2.05, 4.69) is 11.9 Å². The van der Waals surface area contributed by atoms with E-state index in [4.69, 9.17) is 4.74 Å². The summed E-state index contributed by atoms with van der Waals surface area (Å²) >= 11 is 0.0512. The van der Waals surface area contributed by atoms with Gasteiger partial charge in [0.2, 0.25) is 0 Å². The Labute approximate surface area is 124 Å². The summed E-state index contributed by atoms with van der Waals surface area (Å²) in [5, 5.41) is 0. The molecule has 0 saturated carbocycles. The van der Waals surface area contributed by atoms with E-state index in [-0.39, 0.29) is 27.2 Å². The zero-order valence-electron chi connectivity index (χ0n) is 12.2. The predicted molar refractivity (Wildman–Crippen MR) is 73.6 cm³/mol. The molecular formula is C15H30IO2-. The molecule has 0 aromatic rings. The van der Waals surface area contributed by atoms with Gasteiger partial charge in [-0.2, -0.15) is 0 Å². The summed E-state index contributed by atoms with van der Waals surface area (Å²) in [6.45, 7) is 2.90. The molecule has 3 heteroatoms. The number of hydrogen-bond donors (Lipinski definition) is 0. The second-order valence-corrected chi connectivity index (χ2v) is 7.09. The Hall–Kier alpha value is 0.200. The number of unbranched alkanes of at least 4 members (excludes halogenated alkanes) is 9. The van der Waals surface area contributed by atoms with Crippen LogP contribution in [0, 0.1) is 0 Å². The molecule has 0 unspecified atom stereocenters. The summed E-state index contributed by atoms with van der Waals surface area (Å²) in [7, 11) is 0. The summed E-state index contributed by atoms with van der Waals surface area (Å²) in [6, 6.07) is 0. The number of rotatable bonds is 13. The summed E-state index contributed by atoms with van der Waals surface area (Å²) in [6.07, 6.45) is 13.2. The van der Waals surface area contributed by atoms with Gasteiger partial charge in [-0.05, 0) is 0 Å². The molecule has 0 saturated heterocycles. The van der Waals surface area contributed by atoms with Crippen LogP contribution < -0.4 is 21.2 Å². The molecule has 0 heterocycles. The second kappa shape index (κ2) is 15.3. The van der Waals surface area contributed by atoms with Crippen LogP contribution in [-0.4, -0.2) is 21.9 Å². The van der Waals surface area contributed by atoms with Gasteiger partial charge in [0, 0.05) is 0 Å². The zero-order valence-corrected chi connectivity index (χ0v) is 14.3. The number of halogens is 1. The van der Waals surface area contributed by atoms with Gasteiger partial charge >= 0.3 is 104 Å². The first-order chi connectivity index (χ1) is 8.81. The summed E-state index contributed by atoms with van der Waals surface area (Å²) in [5.41, 5.74) is 0. The van der Waals surface area contributed by atoms with Gasteiger partial charge in [-0.25, -0.2) is 0 Å². The maximum atomic E-state index is 11.1. The van der Waals surface area contributed by atoms with E-state index in [1.807, 2.05) is 0 Å². The number of alkyl halides is 2. The van der Waals surface area contributed by atoms with Crippen molar-refractivity contribution in [3.8, 4) is 0 Å². The van der Waals surface area contributed by atoms with Crippen molar-refractivity contribution in [3.05, 3.63) is 0 Å². The van der Waals surface area contributed by atoms with Crippen LogP contribution in [0.15, 0.2) is 0 Å². The molecule has 0 fully saturated rings. The van der Waals surface area contributed by atoms with Gasteiger partial charge in [-0.15, -0.1) is 0 Å². The van der Waals surface area contributed by atoms with Crippen LogP contribution in [0.4, 0.5) is 0 Å². The van der Waals surface area contributed by atoms with Crippen LogP contribution in [0.5, 0.6) is 0 Å². The molecule has 0 aliphatic carbocycles. The van der Waals surface area contributed by atoms with E-state index in [1.54, 1.807) is 0 Å². The van der Waals surface area contributed by atoms with Crippen molar-refractivity contribution in [3.63, 3.8) is 0 Å². The molecule has 0 amide bonds. The molecule has 18 heavy (non-hydrogen) atoms. The Balaban J connectivity index is 3.01. The fraction of sp³-hybridized carbons (Fsp3) is 0.933. The molecule has 0 radical (unpaired) electrons. The van der Waals surface area contributed by atoms with Gasteiger partial charge < -0.3 is 0 Å². The molecule has 0 spiro atoms. The number of carbonyl (C=O) groups excluding carboxylic acids is 1. The van der Waals surface area contributed by atoms with Gasteiger partial charge in [0.15, 0.2) is 0 Å². The van der Waals surface area contributed by atoms with Crippen molar-refractivity contribution in [2.75, 3.05) is 16.0 Å². The topological polar surface area (TPSA) is 26.3 Å². The average molecular weight is 369 g/mol. The Kier molecular flexibility index (Phi) is 15.4. The van der Waals surface area contributed by atoms with Gasteiger partial charge in [0.1, 0.15) is 0 Å². The van der Waals surface area contributed by atoms with E-state index >= 15 is 0 Å². The minimum absolute atomic E-state index is 0.0150. The van der Waals surface area contributed by atoms with Crippen molar-refractivity contribution in [2.24, 2.45) is 0 Å². The van der Waals surface area contributed by atoms with Gasteiger partial charge in [0.05, 0.1) is 0 Å². The monoisotopic (exact) mass is 369 g/mol. The van der Waals surface area contributed by atoms with Gasteiger partial charge in [-0.1, -0.05) is 19.8 Å². The minimum atomic E-state index is 0.0150. The number of carbonyl (C=O) groups is 1. The maximum absolute atomic E-state index is 11.1. The molecule has 0 atom stereocenters. The van der Waals surface area contributed by atoms with Crippen molar-refractivity contribution >= 4 is 5.97 Å². The number of hydrogen-bond acceptors (Lipinski definition) is 2. The third kappa shape index (κ3) is 14.3. The zero-order chi connectivity index (χ0) is 13.5. The third-order valence-corrected chi connectivity index (χ3v) is 4.39. The molecule has 2 nitrogen and oxygen atoms in total. The van der Waals surface area contributed by atoms with E-state index in [0.29, 0.717) is 11.0 Å². The summed E-state index contributed by atoms with van der Waals surface area (Å²) < 4.78 is 5.82. The normalized spacial score (nSPS) is 10.8. The molecule has 0 N–H and O–H groups in total. The van der Waals surface area contributed by atoms with E-state index < -0.39 is 0 Å². The Bertz CT molecular complexity index is 183. The fourth-order valence-corrected chi connectivity index (χ4v) is 2.77. The van der Waals surface area contributed by atoms with Crippen LogP contribution in [0.25, 0.3) is 0 Å². The van der Waals surface area contributed by atoms with Crippen molar-refractivity contribution < 1.29 is 30.7 Å². The molecule has 0 rings (SSSR count). The molecular weight excluding hydrogens is 339 g/mol. The fourth-order valence-electron chi connectivity index (χ4n) is 1.92. The van der Waals surface area contributed by atoms with Crippen molar-refractivity contribution in [1.29, 1.82) is 0 Å². The van der Waals surface area contributed by atoms with E-state index in [9.17, 15) is 4.79 Å². The van der Waals surface area contributed by atoms with Crippen LogP contribution in [0.2, 0.25) is 0 Å². The Morgan fingerprint density at radius 1 is 0.889 bits per heavy atom. The number of ether oxygens (including phenoxy) is 1. The molecule has 0 aliphatic heterocycles. The van der Waals surface area contributed by atoms with Crippen LogP contribution in [0.1, 0.15) is 71.1 Å². The SMILES string of the molecule is CCCCCCCCCCCCOC(=O)C[I-]C. The van der Waals surface area contributed by atoms with Crippen LogP contribution >= 0.6 is 0 Å². The molecule has 0 bridgehead atoms. The number of esters is 1. The quantitative estimate of drug-likeness (QED) is 0.211. The predicted octanol–water partition coefficient (Wildman–Crippen LogP) is 1.17. The Morgan fingerprint density at radius 2 is 1.39 bits per heavy atom. The van der Waals surface area contributed by atoms with Crippen LogP contribution in [-0.2, 0) is 9.53 Å². The van der Waals surface area contributed by atoms with E-state index in [1.165, 1.54) is 57.8 Å². The standard InChI is InChI=1S/C15H30IO2/c1-3-4-5-6-7-8-9-10-11-12-13-18-15(17)14-16-2/h3-14H2,1-2H3/q-1. The van der Waals surface area contributed by atoms with Gasteiger partial charge in [-0.3, -0.25) is 0 Å². The second-order valence-electron chi connectivity index (χ2n) is 4.80. The molecule has 110 valence electrons. The first-order valence-corrected chi connectivity index (χ1v) is 11.1. The van der Waals surface area contributed by atoms with Crippen molar-refractivity contribution in [2.45, 2.75) is 71.1 Å². The molecule has 0 aromatic heterocycles. The Morgan fingerprint density at radius 3 is 1.89 bits per heavy atom. The molecule has 0 aliphatic rings. The summed E-state index contributed by atoms with van der Waals surface area (Å²) in [4.78, 5) is 13.2. The third-order valence-electron chi connectivity index (χ3n) is 3.00. The van der Waals surface area contributed by atoms with Gasteiger partial charge in [0.25, 0.3) is 0 Å². The first-order valence-electron chi connectivity index (χ1n) is 7.40. The molecule has 0 aromatic carbocycles. The average Bonchev–Trinajstić information content (AvgIpc) is 2.36. The van der Waals surface area contributed by atoms with E-state index in [0.717, 1.165) is 6.42 Å². The first kappa shape index (κ1) is 18.2. The summed E-state index contributed by atoms with van der Waals surface area (Å²) in [5.74, 6) is 0.0150.